The Morgan fingerprint density at radius 2 is 1.70 bits per heavy atom. The van der Waals surface area contributed by atoms with Gasteiger partial charge in [0.25, 0.3) is 11.7 Å². The van der Waals surface area contributed by atoms with Gasteiger partial charge in [-0.05, 0) is 26.3 Å². The second-order valence-corrected chi connectivity index (χ2v) is 17.0. The topological polar surface area (TPSA) is 237 Å². The number of aromatic hydroxyl groups is 1. The first-order valence-electron chi connectivity index (χ1n) is 21.5. The van der Waals surface area contributed by atoms with Gasteiger partial charge in [0.1, 0.15) is 29.0 Å². The molecular weight excluding hydrogens is 831 g/mol. The molecule has 5 N–H and O–H groups in total. The second kappa shape index (κ2) is 19.9. The number of nitrogens with zero attached hydrogens (tertiary/aromatic N) is 3. The van der Waals surface area contributed by atoms with Crippen LogP contribution in [0.1, 0.15) is 84.6 Å². The number of rotatable bonds is 7. The molecule has 18 nitrogen and oxygen atoms in total. The fourth-order valence-corrected chi connectivity index (χ4v) is 8.61. The number of aromatic nitrogens is 2. The average molecular weight is 890 g/mol. The first kappa shape index (κ1) is 47.7. The van der Waals surface area contributed by atoms with Gasteiger partial charge in [-0.1, -0.05) is 45.9 Å². The number of amides is 2. The summed E-state index contributed by atoms with van der Waals surface area (Å²) in [5.74, 6) is -8.80. The van der Waals surface area contributed by atoms with E-state index in [0.717, 1.165) is 0 Å². The number of fused-ring (bicyclic) bond motifs is 14. The molecule has 5 aliphatic rings. The van der Waals surface area contributed by atoms with Crippen LogP contribution in [-0.2, 0) is 30.3 Å². The Morgan fingerprint density at radius 1 is 0.984 bits per heavy atom. The molecule has 346 valence electrons. The van der Waals surface area contributed by atoms with Gasteiger partial charge in [0.15, 0.2) is 0 Å². The van der Waals surface area contributed by atoms with Gasteiger partial charge in [0.2, 0.25) is 11.6 Å². The smallest absolute Gasteiger partial charge is 0.407 e. The number of carbonyl (C=O) groups is 5. The maximum Gasteiger partial charge on any atom is 0.407 e. The van der Waals surface area contributed by atoms with E-state index in [-0.39, 0.29) is 72.3 Å². The molecule has 1 aromatic carbocycles. The van der Waals surface area contributed by atoms with Gasteiger partial charge in [-0.2, -0.15) is 0 Å². The van der Waals surface area contributed by atoms with Crippen LogP contribution in [0.2, 0.25) is 0 Å². The van der Waals surface area contributed by atoms with Crippen LogP contribution >= 0.6 is 0 Å². The van der Waals surface area contributed by atoms with E-state index in [0.29, 0.717) is 13.0 Å². The number of ketones is 3. The number of aryl methyl sites for hydroxylation is 1. The molecule has 1 aromatic heterocycles. The normalized spacial score (nSPS) is 31.1. The minimum absolute atomic E-state index is 0.00624. The largest absolute Gasteiger partial charge is 0.507 e. The summed E-state index contributed by atoms with van der Waals surface area (Å²) in [6, 6.07) is 0. The quantitative estimate of drug-likeness (QED) is 0.249. The van der Waals surface area contributed by atoms with E-state index in [9.17, 15) is 39.3 Å². The molecule has 18 heteroatoms. The molecule has 0 saturated carbocycles. The van der Waals surface area contributed by atoms with Crippen molar-refractivity contribution < 1.29 is 63.0 Å². The first-order valence-corrected chi connectivity index (χ1v) is 21.5. The minimum atomic E-state index is -2.10. The number of aliphatic hydroxyl groups is 2. The van der Waals surface area contributed by atoms with Crippen LogP contribution in [0.4, 0.5) is 4.79 Å². The molecule has 5 heterocycles. The summed E-state index contributed by atoms with van der Waals surface area (Å²) in [5, 5.41) is 40.2. The van der Waals surface area contributed by atoms with Gasteiger partial charge in [-0.3, -0.25) is 19.2 Å². The highest BCUT2D eigenvalue weighted by Crippen LogP contribution is 2.49. The van der Waals surface area contributed by atoms with Crippen molar-refractivity contribution in [1.82, 2.24) is 25.1 Å². The van der Waals surface area contributed by atoms with Crippen molar-refractivity contribution in [2.45, 2.75) is 91.6 Å². The third-order valence-electron chi connectivity index (χ3n) is 12.6. The number of imidazole rings is 1. The number of carbonyl (C=O) groups excluding carboxylic acids is 5. The zero-order chi connectivity index (χ0) is 46.6. The number of nitrogens with one attached hydrogen (secondary N) is 2. The first-order chi connectivity index (χ1) is 30.4. The third kappa shape index (κ3) is 9.50. The Balaban J connectivity index is 1.39. The molecule has 2 amide bonds. The number of hydrogen-bond acceptors (Lipinski definition) is 15. The molecule has 0 unspecified atom stereocenters. The molecule has 9 atom stereocenters. The summed E-state index contributed by atoms with van der Waals surface area (Å²) in [5.41, 5.74) is -1.52. The van der Waals surface area contributed by atoms with Crippen LogP contribution < -0.4 is 15.4 Å². The molecule has 5 bridgehead atoms. The van der Waals surface area contributed by atoms with E-state index in [4.69, 9.17) is 23.7 Å². The van der Waals surface area contributed by atoms with E-state index < -0.39 is 94.5 Å². The highest BCUT2D eigenvalue weighted by molar-refractivity contribution is 6.32. The lowest BCUT2D eigenvalue weighted by Gasteiger charge is -2.38. The maximum absolute atomic E-state index is 14.8. The average Bonchev–Trinajstić information content (AvgIpc) is 3.90. The number of phenols is 1. The second-order valence-electron chi connectivity index (χ2n) is 17.0. The number of alkyl carbamates (subject to hydrolysis) is 1. The summed E-state index contributed by atoms with van der Waals surface area (Å²) < 4.78 is 31.4. The molecule has 64 heavy (non-hydrogen) atoms. The van der Waals surface area contributed by atoms with Gasteiger partial charge in [0, 0.05) is 87.4 Å². The summed E-state index contributed by atoms with van der Waals surface area (Å²) in [7, 11) is 1.43. The summed E-state index contributed by atoms with van der Waals surface area (Å²) >= 11 is 0. The van der Waals surface area contributed by atoms with Crippen LogP contribution in [0.5, 0.6) is 11.5 Å². The van der Waals surface area contributed by atoms with Gasteiger partial charge in [-0.25, -0.2) is 9.78 Å². The van der Waals surface area contributed by atoms with Crippen molar-refractivity contribution in [3.63, 3.8) is 0 Å². The Hall–Kier alpha value is -5.82. The number of allylic oxidation sites excluding steroid dienone is 4. The molecule has 1 saturated heterocycles. The van der Waals surface area contributed by atoms with E-state index in [1.54, 1.807) is 57.3 Å². The molecule has 1 fully saturated rings. The van der Waals surface area contributed by atoms with Crippen LogP contribution in [0.3, 0.4) is 0 Å². The number of Topliss-reactive ketones (excluding diaryl/α,β-unsaturated/α-hetero) is 3. The van der Waals surface area contributed by atoms with E-state index >= 15 is 0 Å². The van der Waals surface area contributed by atoms with Crippen molar-refractivity contribution >= 4 is 29.4 Å². The molecule has 1 aliphatic carbocycles. The van der Waals surface area contributed by atoms with Crippen LogP contribution in [0, 0.1) is 30.6 Å². The highest BCUT2D eigenvalue weighted by atomic mass is 16.7. The van der Waals surface area contributed by atoms with Gasteiger partial charge < -0.3 is 59.1 Å². The number of phenolic OH excluding ortho intramolecular Hbond substituents is 1. The SMILES string of the molecule is CO[C@H]1/C=C/O[C@@]2(C)Oc3c(C)c(O)c4c(c3C2=O)C(=O)C(N2CCOCC2)=C(NC(=O)/C(C)=C\C=C\[C@H](C)[C@H](O)[C@@H](C)[C@@H](O)[C@@H](C)[C@H](OC(=O)NCCCn2ccnc2)[C@@H]1C)C4=O. The number of methoxy groups -OCH3 is 1. The number of ether oxygens (including phenoxy) is 5. The minimum Gasteiger partial charge on any atom is -0.507 e. The predicted molar refractivity (Wildman–Crippen MR) is 230 cm³/mol. The number of hydrogen-bond donors (Lipinski definition) is 5. The van der Waals surface area contributed by atoms with Crippen molar-refractivity contribution in [1.29, 1.82) is 0 Å². The number of aliphatic hydroxyl groups excluding tert-OH is 2. The Bertz CT molecular complexity index is 2240. The van der Waals surface area contributed by atoms with Gasteiger partial charge >= 0.3 is 11.9 Å². The molecule has 0 spiro atoms. The van der Waals surface area contributed by atoms with Crippen LogP contribution in [-0.4, -0.2) is 129 Å². The van der Waals surface area contributed by atoms with Crippen molar-refractivity contribution in [2.75, 3.05) is 40.0 Å². The standard InChI is InChI=1S/C46H59N5O13/c1-24-11-9-12-25(2)44(58)49-34-35(51-18-21-61-22-19-51)40(56)31-32(39(34)55)38(54)29(6)42-33(31)43(57)46(7,64-42)62-20-13-30(60-8)26(3)41(28(5)37(53)27(4)36(24)52)63-45(59)48-14-10-16-50-17-15-47-23-50/h9,11-13,15,17,20,23-24,26-28,30,36-37,41,52-54H,10,14,16,18-19,21-22H2,1-8H3,(H,48,59)(H,49,58)/b11-9+,20-13+,25-12-/t24-,26+,27+,28+,30-,36-,37+,41+,46-/m0/s1. The lowest BCUT2D eigenvalue weighted by molar-refractivity contribution is -0.116. The lowest BCUT2D eigenvalue weighted by Crippen LogP contribution is -2.47. The van der Waals surface area contributed by atoms with Crippen LogP contribution in [0.25, 0.3) is 0 Å². The Labute approximate surface area is 371 Å². The molecule has 0 radical (unpaired) electrons. The highest BCUT2D eigenvalue weighted by Gasteiger charge is 2.53. The third-order valence-corrected chi connectivity index (χ3v) is 12.6. The van der Waals surface area contributed by atoms with Gasteiger partial charge in [0.05, 0.1) is 60.8 Å². The zero-order valence-corrected chi connectivity index (χ0v) is 37.5. The molecule has 2 aromatic rings. The lowest BCUT2D eigenvalue weighted by atomic mass is 9.78. The van der Waals surface area contributed by atoms with Crippen molar-refractivity contribution in [3.8, 4) is 11.5 Å². The molecular formula is C46H59N5O13. The monoisotopic (exact) mass is 889 g/mol. The van der Waals surface area contributed by atoms with Crippen LogP contribution in [0.15, 0.2) is 66.3 Å². The Kier molecular flexibility index (Phi) is 14.8. The van der Waals surface area contributed by atoms with E-state index in [1.807, 2.05) is 10.8 Å². The zero-order valence-electron chi connectivity index (χ0n) is 37.5. The molecule has 4 aliphatic heterocycles. The predicted octanol–water partition coefficient (Wildman–Crippen LogP) is 3.74. The number of morpholine rings is 1. The van der Waals surface area contributed by atoms with Gasteiger partial charge in [-0.15, -0.1) is 0 Å². The summed E-state index contributed by atoms with van der Waals surface area (Å²) in [6.07, 6.45) is 8.20. The summed E-state index contributed by atoms with van der Waals surface area (Å²) in [6.45, 7) is 12.8. The molecule has 7 rings (SSSR count). The number of benzene rings is 1. The fourth-order valence-electron chi connectivity index (χ4n) is 8.61. The van der Waals surface area contributed by atoms with Crippen molar-refractivity contribution in [2.24, 2.45) is 23.7 Å². The van der Waals surface area contributed by atoms with E-state index in [2.05, 4.69) is 15.6 Å². The fraction of sp³-hybridized carbons (Fsp3) is 0.522. The summed E-state index contributed by atoms with van der Waals surface area (Å²) in [4.78, 5) is 76.5. The Morgan fingerprint density at radius 3 is 2.38 bits per heavy atom. The van der Waals surface area contributed by atoms with E-state index in [1.165, 1.54) is 46.3 Å². The maximum atomic E-state index is 14.8. The van der Waals surface area contributed by atoms with Crippen molar-refractivity contribution in [3.05, 3.63) is 88.5 Å².